The van der Waals surface area contributed by atoms with Gasteiger partial charge >= 0.3 is 0 Å². The molecule has 0 saturated carbocycles. The number of benzene rings is 1. The number of ether oxygens (including phenoxy) is 3. The van der Waals surface area contributed by atoms with Crippen LogP contribution < -0.4 is 30.3 Å². The van der Waals surface area contributed by atoms with Crippen LogP contribution in [0.3, 0.4) is 0 Å². The van der Waals surface area contributed by atoms with Crippen LogP contribution >= 0.6 is 0 Å². The van der Waals surface area contributed by atoms with Crippen LogP contribution in [0.1, 0.15) is 43.9 Å². The van der Waals surface area contributed by atoms with E-state index in [1.807, 2.05) is 25.1 Å². The predicted molar refractivity (Wildman–Crippen MR) is 121 cm³/mol. The molecular formula is C24H30N2O5. The topological polar surface area (TPSA) is 85.9 Å². The summed E-state index contributed by atoms with van der Waals surface area (Å²) in [7, 11) is 4.74. The lowest BCUT2D eigenvalue weighted by Crippen LogP contribution is -2.26. The summed E-state index contributed by atoms with van der Waals surface area (Å²) in [5.74, 6) is 1.49. The molecular weight excluding hydrogens is 396 g/mol. The van der Waals surface area contributed by atoms with Crippen LogP contribution in [-0.4, -0.2) is 33.8 Å². The predicted octanol–water partition coefficient (Wildman–Crippen LogP) is 3.68. The molecule has 7 heteroatoms. The molecule has 0 spiro atoms. The maximum Gasteiger partial charge on any atom is 0.217 e. The van der Waals surface area contributed by atoms with Crippen LogP contribution in [-0.2, 0) is 11.2 Å². The molecule has 0 unspecified atom stereocenters. The number of hydrogen-bond donors (Lipinski definition) is 2. The number of rotatable bonds is 7. The van der Waals surface area contributed by atoms with Crippen LogP contribution in [0.25, 0.3) is 11.1 Å². The van der Waals surface area contributed by atoms with Crippen molar-refractivity contribution >= 4 is 11.6 Å². The zero-order valence-electron chi connectivity index (χ0n) is 18.8. The smallest absolute Gasteiger partial charge is 0.217 e. The lowest BCUT2D eigenvalue weighted by molar-refractivity contribution is -0.119. The molecule has 3 rings (SSSR count). The van der Waals surface area contributed by atoms with Crippen molar-refractivity contribution in [2.45, 2.75) is 39.2 Å². The number of amides is 1. The highest BCUT2D eigenvalue weighted by Gasteiger charge is 2.29. The van der Waals surface area contributed by atoms with Crippen molar-refractivity contribution in [3.05, 3.63) is 45.6 Å². The Kier molecular flexibility index (Phi) is 7.05. The van der Waals surface area contributed by atoms with E-state index < -0.39 is 0 Å². The molecule has 166 valence electrons. The van der Waals surface area contributed by atoms with Gasteiger partial charge in [-0.3, -0.25) is 9.59 Å². The number of hydrogen-bond acceptors (Lipinski definition) is 6. The second-order valence-corrected chi connectivity index (χ2v) is 7.52. The zero-order valence-corrected chi connectivity index (χ0v) is 18.8. The van der Waals surface area contributed by atoms with Crippen LogP contribution in [0.2, 0.25) is 0 Å². The van der Waals surface area contributed by atoms with Crippen LogP contribution in [0.15, 0.2) is 29.1 Å². The van der Waals surface area contributed by atoms with Gasteiger partial charge in [0.1, 0.15) is 0 Å². The van der Waals surface area contributed by atoms with E-state index in [1.165, 1.54) is 6.92 Å². The number of carbonyl (C=O) groups is 1. The summed E-state index contributed by atoms with van der Waals surface area (Å²) in [5, 5.41) is 6.27. The zero-order chi connectivity index (χ0) is 22.5. The largest absolute Gasteiger partial charge is 0.493 e. The number of methoxy groups -OCH3 is 3. The molecule has 1 atom stereocenters. The van der Waals surface area contributed by atoms with Gasteiger partial charge in [0.25, 0.3) is 0 Å². The van der Waals surface area contributed by atoms with E-state index >= 15 is 0 Å². The molecule has 2 N–H and O–H groups in total. The van der Waals surface area contributed by atoms with Gasteiger partial charge in [-0.2, -0.15) is 0 Å². The average molecular weight is 427 g/mol. The van der Waals surface area contributed by atoms with Crippen molar-refractivity contribution in [2.75, 3.05) is 33.2 Å². The van der Waals surface area contributed by atoms with E-state index in [9.17, 15) is 9.59 Å². The number of fused-ring (bicyclic) bond motifs is 3. The first-order valence-corrected chi connectivity index (χ1v) is 10.5. The fourth-order valence-corrected chi connectivity index (χ4v) is 4.11. The van der Waals surface area contributed by atoms with Gasteiger partial charge in [0.15, 0.2) is 11.5 Å². The maximum atomic E-state index is 12.8. The van der Waals surface area contributed by atoms with Crippen molar-refractivity contribution in [3.8, 4) is 28.4 Å². The minimum absolute atomic E-state index is 0.107. The van der Waals surface area contributed by atoms with Gasteiger partial charge in [-0.15, -0.1) is 0 Å². The van der Waals surface area contributed by atoms with E-state index in [0.29, 0.717) is 42.3 Å². The standard InChI is InChI=1S/C24H30N2O5/c1-6-11-25-19-13-17-16(8-10-20(19)28)22-15(7-9-18(17)26-14(2)27)12-21(29-3)23(30-4)24(22)31-5/h8,10,12-13,18H,6-7,9,11H2,1-5H3,(H,25,28)(H,26,27)/t18-/m0/s1. The normalized spacial score (nSPS) is 14.5. The monoisotopic (exact) mass is 426 g/mol. The summed E-state index contributed by atoms with van der Waals surface area (Å²) in [6.07, 6.45) is 2.25. The molecule has 31 heavy (non-hydrogen) atoms. The first-order valence-electron chi connectivity index (χ1n) is 10.5. The average Bonchev–Trinajstić information content (AvgIpc) is 3.00. The lowest BCUT2D eigenvalue weighted by Gasteiger charge is -2.20. The first-order chi connectivity index (χ1) is 14.9. The number of carbonyl (C=O) groups excluding carboxylic acids is 1. The Hall–Kier alpha value is -3.22. The van der Waals surface area contributed by atoms with Gasteiger partial charge in [0, 0.05) is 19.0 Å². The molecule has 0 aromatic heterocycles. The lowest BCUT2D eigenvalue weighted by atomic mass is 9.95. The van der Waals surface area contributed by atoms with Crippen molar-refractivity contribution < 1.29 is 19.0 Å². The molecule has 0 radical (unpaired) electrons. The fraction of sp³-hybridized carbons (Fsp3) is 0.417. The minimum Gasteiger partial charge on any atom is -0.493 e. The summed E-state index contributed by atoms with van der Waals surface area (Å²) < 4.78 is 16.9. The highest BCUT2D eigenvalue weighted by Crippen LogP contribution is 2.50. The summed E-state index contributed by atoms with van der Waals surface area (Å²) >= 11 is 0. The molecule has 0 saturated heterocycles. The third kappa shape index (κ3) is 4.45. The van der Waals surface area contributed by atoms with Crippen molar-refractivity contribution in [3.63, 3.8) is 0 Å². The molecule has 0 heterocycles. The Morgan fingerprint density at radius 2 is 1.84 bits per heavy atom. The Bertz CT molecular complexity index is 1040. The molecule has 1 amide bonds. The molecule has 0 fully saturated rings. The Balaban J connectivity index is 2.37. The fourth-order valence-electron chi connectivity index (χ4n) is 4.11. The second kappa shape index (κ2) is 9.73. The Labute approximate surface area is 182 Å². The minimum atomic E-state index is -0.254. The van der Waals surface area contributed by atoms with E-state index in [-0.39, 0.29) is 17.4 Å². The third-order valence-corrected chi connectivity index (χ3v) is 5.48. The van der Waals surface area contributed by atoms with E-state index in [4.69, 9.17) is 14.2 Å². The van der Waals surface area contributed by atoms with Gasteiger partial charge in [0.05, 0.1) is 33.1 Å². The first kappa shape index (κ1) is 22.5. The van der Waals surface area contributed by atoms with E-state index in [1.54, 1.807) is 27.4 Å². The summed E-state index contributed by atoms with van der Waals surface area (Å²) in [6, 6.07) is 6.92. The van der Waals surface area contributed by atoms with Crippen molar-refractivity contribution in [1.82, 2.24) is 5.32 Å². The SMILES string of the molecule is CCCNc1cc2c(ccc1=O)-c1c(cc(OC)c(OC)c1OC)CC[C@@H]2NC(C)=O. The molecule has 0 aliphatic heterocycles. The van der Waals surface area contributed by atoms with Gasteiger partial charge < -0.3 is 24.8 Å². The van der Waals surface area contributed by atoms with Crippen molar-refractivity contribution in [1.29, 1.82) is 0 Å². The van der Waals surface area contributed by atoms with Crippen molar-refractivity contribution in [2.24, 2.45) is 0 Å². The molecule has 2 aromatic carbocycles. The molecule has 2 aromatic rings. The number of aryl methyl sites for hydroxylation is 1. The van der Waals surface area contributed by atoms with Gasteiger partial charge in [-0.1, -0.05) is 6.92 Å². The summed E-state index contributed by atoms with van der Waals surface area (Å²) in [5.41, 5.74) is 3.95. The summed E-state index contributed by atoms with van der Waals surface area (Å²) in [4.78, 5) is 24.7. The Morgan fingerprint density at radius 1 is 1.10 bits per heavy atom. The molecule has 1 aliphatic rings. The molecule has 0 bridgehead atoms. The molecule has 7 nitrogen and oxygen atoms in total. The maximum absolute atomic E-state index is 12.8. The van der Waals surface area contributed by atoms with Crippen LogP contribution in [0.4, 0.5) is 5.69 Å². The Morgan fingerprint density at radius 3 is 2.45 bits per heavy atom. The quantitative estimate of drug-likeness (QED) is 0.702. The van der Waals surface area contributed by atoms with Gasteiger partial charge in [0.2, 0.25) is 17.1 Å². The van der Waals surface area contributed by atoms with Gasteiger partial charge in [-0.25, -0.2) is 0 Å². The third-order valence-electron chi connectivity index (χ3n) is 5.48. The van der Waals surface area contributed by atoms with Crippen LogP contribution in [0, 0.1) is 0 Å². The highest BCUT2D eigenvalue weighted by molar-refractivity contribution is 5.84. The van der Waals surface area contributed by atoms with E-state index in [0.717, 1.165) is 28.7 Å². The number of nitrogens with one attached hydrogen (secondary N) is 2. The highest BCUT2D eigenvalue weighted by atomic mass is 16.5. The van der Waals surface area contributed by atoms with Gasteiger partial charge in [-0.05, 0) is 60.2 Å². The van der Waals surface area contributed by atoms with E-state index in [2.05, 4.69) is 10.6 Å². The summed E-state index contributed by atoms with van der Waals surface area (Å²) in [6.45, 7) is 4.23. The number of anilines is 1. The van der Waals surface area contributed by atoms with Crippen LogP contribution in [0.5, 0.6) is 17.2 Å². The molecule has 1 aliphatic carbocycles. The second-order valence-electron chi connectivity index (χ2n) is 7.52.